The molecule has 96 valence electrons. The third-order valence-corrected chi connectivity index (χ3v) is 2.62. The minimum atomic E-state index is -0.309. The first kappa shape index (κ1) is 12.6. The Labute approximate surface area is 105 Å². The van der Waals surface area contributed by atoms with Crippen molar-refractivity contribution in [2.24, 2.45) is 12.8 Å². The molecule has 1 aromatic carbocycles. The maximum Gasteiger partial charge on any atom is 0.124 e. The van der Waals surface area contributed by atoms with Crippen molar-refractivity contribution in [3.05, 3.63) is 47.5 Å². The fourth-order valence-corrected chi connectivity index (χ4v) is 1.71. The molecule has 0 saturated heterocycles. The van der Waals surface area contributed by atoms with Crippen LogP contribution >= 0.6 is 0 Å². The van der Waals surface area contributed by atoms with Crippen molar-refractivity contribution in [2.75, 3.05) is 0 Å². The first-order valence-corrected chi connectivity index (χ1v) is 5.71. The summed E-state index contributed by atoms with van der Waals surface area (Å²) in [6.07, 6.45) is 3.60. The summed E-state index contributed by atoms with van der Waals surface area (Å²) in [5, 5.41) is 4.05. The van der Waals surface area contributed by atoms with Gasteiger partial charge in [-0.3, -0.25) is 4.68 Å². The van der Waals surface area contributed by atoms with Gasteiger partial charge in [-0.2, -0.15) is 5.10 Å². The minimum absolute atomic E-state index is 0.274. The molecule has 1 aromatic heterocycles. The number of hydrogen-bond donors (Lipinski definition) is 1. The maximum atomic E-state index is 13.1. The summed E-state index contributed by atoms with van der Waals surface area (Å²) < 4.78 is 20.5. The molecule has 0 amide bonds. The Kier molecular flexibility index (Phi) is 3.62. The molecule has 1 atom stereocenters. The highest BCUT2D eigenvalue weighted by atomic mass is 19.1. The van der Waals surface area contributed by atoms with Crippen LogP contribution in [0.25, 0.3) is 0 Å². The number of benzene rings is 1. The van der Waals surface area contributed by atoms with Crippen LogP contribution in [0.3, 0.4) is 0 Å². The Morgan fingerprint density at radius 2 is 2.28 bits per heavy atom. The highest BCUT2D eigenvalue weighted by Gasteiger charge is 2.10. The summed E-state index contributed by atoms with van der Waals surface area (Å²) in [4.78, 5) is 0. The molecule has 5 heteroatoms. The average Bonchev–Trinajstić information content (AvgIpc) is 2.73. The second-order valence-electron chi connectivity index (χ2n) is 4.28. The zero-order valence-electron chi connectivity index (χ0n) is 10.4. The normalized spacial score (nSPS) is 12.4. The van der Waals surface area contributed by atoms with Gasteiger partial charge in [0.2, 0.25) is 0 Å². The van der Waals surface area contributed by atoms with Gasteiger partial charge in [-0.1, -0.05) is 0 Å². The Balaban J connectivity index is 2.13. The smallest absolute Gasteiger partial charge is 0.124 e. The monoisotopic (exact) mass is 249 g/mol. The van der Waals surface area contributed by atoms with E-state index in [0.717, 1.165) is 5.56 Å². The van der Waals surface area contributed by atoms with Crippen molar-refractivity contribution < 1.29 is 9.13 Å². The van der Waals surface area contributed by atoms with Crippen molar-refractivity contribution in [3.63, 3.8) is 0 Å². The Bertz CT molecular complexity index is 537. The molecule has 0 aliphatic carbocycles. The second-order valence-corrected chi connectivity index (χ2v) is 4.28. The highest BCUT2D eigenvalue weighted by Crippen LogP contribution is 2.25. The Morgan fingerprint density at radius 1 is 1.50 bits per heavy atom. The van der Waals surface area contributed by atoms with Crippen LogP contribution in [-0.2, 0) is 13.7 Å². The molecule has 4 nitrogen and oxygen atoms in total. The van der Waals surface area contributed by atoms with E-state index < -0.39 is 0 Å². The summed E-state index contributed by atoms with van der Waals surface area (Å²) in [6.45, 7) is 2.19. The molecule has 18 heavy (non-hydrogen) atoms. The summed E-state index contributed by atoms with van der Waals surface area (Å²) in [5.41, 5.74) is 7.41. The fraction of sp³-hybridized carbons (Fsp3) is 0.308. The quantitative estimate of drug-likeness (QED) is 0.903. The van der Waals surface area contributed by atoms with E-state index >= 15 is 0 Å². The molecule has 1 unspecified atom stereocenters. The van der Waals surface area contributed by atoms with Gasteiger partial charge in [0.05, 0.1) is 6.20 Å². The zero-order valence-corrected chi connectivity index (χ0v) is 10.4. The fourth-order valence-electron chi connectivity index (χ4n) is 1.71. The first-order valence-electron chi connectivity index (χ1n) is 5.71. The van der Waals surface area contributed by atoms with Crippen LogP contribution in [0.2, 0.25) is 0 Å². The number of halogens is 1. The lowest BCUT2D eigenvalue weighted by Crippen LogP contribution is -2.08. The highest BCUT2D eigenvalue weighted by molar-refractivity contribution is 5.36. The molecule has 0 spiro atoms. The van der Waals surface area contributed by atoms with E-state index in [9.17, 15) is 4.39 Å². The third kappa shape index (κ3) is 2.87. The summed E-state index contributed by atoms with van der Waals surface area (Å²) in [6, 6.07) is 4.10. The van der Waals surface area contributed by atoms with Gasteiger partial charge in [0.25, 0.3) is 0 Å². The zero-order chi connectivity index (χ0) is 13.1. The minimum Gasteiger partial charge on any atom is -0.488 e. The van der Waals surface area contributed by atoms with Crippen LogP contribution in [-0.4, -0.2) is 9.78 Å². The number of nitrogens with zero attached hydrogens (tertiary/aromatic N) is 2. The standard InChI is InChI=1S/C13H16FN3O/c1-9(15)12-5-11(14)3-4-13(12)18-8-10-6-16-17(2)7-10/h3-7,9H,8,15H2,1-2H3. The van der Waals surface area contributed by atoms with Gasteiger partial charge in [-0.05, 0) is 25.1 Å². The molecule has 0 radical (unpaired) electrons. The van der Waals surface area contributed by atoms with E-state index in [0.29, 0.717) is 17.9 Å². The van der Waals surface area contributed by atoms with Gasteiger partial charge < -0.3 is 10.5 Å². The topological polar surface area (TPSA) is 53.1 Å². The molecule has 0 fully saturated rings. The van der Waals surface area contributed by atoms with E-state index in [1.54, 1.807) is 23.9 Å². The summed E-state index contributed by atoms with van der Waals surface area (Å²) in [7, 11) is 1.84. The van der Waals surface area contributed by atoms with Crippen molar-refractivity contribution >= 4 is 0 Å². The SMILES string of the molecule is CC(N)c1cc(F)ccc1OCc1cnn(C)c1. The third-order valence-electron chi connectivity index (χ3n) is 2.62. The van der Waals surface area contributed by atoms with Gasteiger partial charge in [0.15, 0.2) is 0 Å². The maximum absolute atomic E-state index is 13.1. The van der Waals surface area contributed by atoms with E-state index in [1.165, 1.54) is 12.1 Å². The number of aromatic nitrogens is 2. The predicted octanol–water partition coefficient (Wildman–Crippen LogP) is 2.16. The van der Waals surface area contributed by atoms with E-state index in [4.69, 9.17) is 10.5 Å². The molecular weight excluding hydrogens is 233 g/mol. The van der Waals surface area contributed by atoms with Gasteiger partial charge in [0.1, 0.15) is 18.2 Å². The number of rotatable bonds is 4. The van der Waals surface area contributed by atoms with Crippen molar-refractivity contribution in [3.8, 4) is 5.75 Å². The van der Waals surface area contributed by atoms with Gasteiger partial charge in [-0.15, -0.1) is 0 Å². The van der Waals surface area contributed by atoms with E-state index in [1.807, 2.05) is 13.2 Å². The molecule has 0 aliphatic rings. The van der Waals surface area contributed by atoms with Gasteiger partial charge in [-0.25, -0.2) is 4.39 Å². The van der Waals surface area contributed by atoms with Gasteiger partial charge in [0, 0.05) is 30.4 Å². The summed E-state index contributed by atoms with van der Waals surface area (Å²) in [5.74, 6) is 0.297. The van der Waals surface area contributed by atoms with E-state index in [2.05, 4.69) is 5.10 Å². The Hall–Kier alpha value is -1.88. The summed E-state index contributed by atoms with van der Waals surface area (Å²) >= 11 is 0. The average molecular weight is 249 g/mol. The number of nitrogens with two attached hydrogens (primary N) is 1. The van der Waals surface area contributed by atoms with Crippen molar-refractivity contribution in [2.45, 2.75) is 19.6 Å². The van der Waals surface area contributed by atoms with E-state index in [-0.39, 0.29) is 11.9 Å². The van der Waals surface area contributed by atoms with Crippen molar-refractivity contribution in [1.29, 1.82) is 0 Å². The molecular formula is C13H16FN3O. The van der Waals surface area contributed by atoms with Crippen LogP contribution < -0.4 is 10.5 Å². The van der Waals surface area contributed by atoms with Crippen LogP contribution in [0.4, 0.5) is 4.39 Å². The second kappa shape index (κ2) is 5.18. The lowest BCUT2D eigenvalue weighted by Gasteiger charge is -2.13. The van der Waals surface area contributed by atoms with Crippen LogP contribution in [0.5, 0.6) is 5.75 Å². The lowest BCUT2D eigenvalue weighted by atomic mass is 10.1. The van der Waals surface area contributed by atoms with Crippen molar-refractivity contribution in [1.82, 2.24) is 9.78 Å². The largest absolute Gasteiger partial charge is 0.488 e. The van der Waals surface area contributed by atoms with Crippen LogP contribution in [0.1, 0.15) is 24.1 Å². The van der Waals surface area contributed by atoms with Crippen LogP contribution in [0, 0.1) is 5.82 Å². The molecule has 0 bridgehead atoms. The molecule has 2 N–H and O–H groups in total. The number of hydrogen-bond acceptors (Lipinski definition) is 3. The predicted molar refractivity (Wildman–Crippen MR) is 66.5 cm³/mol. The van der Waals surface area contributed by atoms with Gasteiger partial charge >= 0.3 is 0 Å². The molecule has 1 heterocycles. The Morgan fingerprint density at radius 3 is 2.89 bits per heavy atom. The molecule has 2 aromatic rings. The molecule has 0 aliphatic heterocycles. The van der Waals surface area contributed by atoms with Crippen LogP contribution in [0.15, 0.2) is 30.6 Å². The lowest BCUT2D eigenvalue weighted by molar-refractivity contribution is 0.301. The number of ether oxygens (including phenoxy) is 1. The first-order chi connectivity index (χ1) is 8.56. The molecule has 2 rings (SSSR count). The molecule has 0 saturated carbocycles. The number of aryl methyl sites for hydroxylation is 1.